The Bertz CT molecular complexity index is 271. The van der Waals surface area contributed by atoms with E-state index in [-0.39, 0.29) is 0 Å². The summed E-state index contributed by atoms with van der Waals surface area (Å²) in [7, 11) is 0. The van der Waals surface area contributed by atoms with Gasteiger partial charge < -0.3 is 10.2 Å². The first-order chi connectivity index (χ1) is 9.60. The van der Waals surface area contributed by atoms with Crippen molar-refractivity contribution in [3.63, 3.8) is 0 Å². The van der Waals surface area contributed by atoms with Gasteiger partial charge in [-0.25, -0.2) is 0 Å². The van der Waals surface area contributed by atoms with Gasteiger partial charge in [-0.05, 0) is 62.6 Å². The van der Waals surface area contributed by atoms with Crippen molar-refractivity contribution in [1.29, 1.82) is 0 Å². The average Bonchev–Trinajstić information content (AvgIpc) is 2.39. The van der Waals surface area contributed by atoms with Crippen molar-refractivity contribution >= 4 is 0 Å². The van der Waals surface area contributed by atoms with Gasteiger partial charge in [0.25, 0.3) is 0 Å². The third-order valence-corrected chi connectivity index (χ3v) is 5.25. The van der Waals surface area contributed by atoms with Gasteiger partial charge in [-0.1, -0.05) is 40.0 Å². The van der Waals surface area contributed by atoms with Crippen molar-refractivity contribution in [3.05, 3.63) is 0 Å². The molecule has 2 fully saturated rings. The van der Waals surface area contributed by atoms with E-state index in [1.807, 2.05) is 0 Å². The van der Waals surface area contributed by atoms with Gasteiger partial charge in [0.1, 0.15) is 0 Å². The lowest BCUT2D eigenvalue weighted by Crippen LogP contribution is -2.48. The Morgan fingerprint density at radius 2 is 1.90 bits per heavy atom. The minimum atomic E-state index is 0.559. The van der Waals surface area contributed by atoms with E-state index in [0.29, 0.717) is 5.41 Å². The first-order valence-electron chi connectivity index (χ1n) is 9.03. The number of hydrogen-bond donors (Lipinski definition) is 1. The van der Waals surface area contributed by atoms with Crippen LogP contribution in [0.25, 0.3) is 0 Å². The maximum absolute atomic E-state index is 3.78. The highest BCUT2D eigenvalue weighted by atomic mass is 15.1. The van der Waals surface area contributed by atoms with E-state index >= 15 is 0 Å². The minimum Gasteiger partial charge on any atom is -0.316 e. The molecule has 1 aliphatic heterocycles. The quantitative estimate of drug-likeness (QED) is 0.793. The van der Waals surface area contributed by atoms with Crippen LogP contribution in [-0.4, -0.2) is 37.6 Å². The molecular formula is C18H36N2. The lowest BCUT2D eigenvalue weighted by Gasteiger charge is -2.44. The van der Waals surface area contributed by atoms with Crippen molar-refractivity contribution < 1.29 is 0 Å². The molecule has 1 saturated carbocycles. The van der Waals surface area contributed by atoms with Crippen molar-refractivity contribution in [1.82, 2.24) is 10.2 Å². The molecule has 20 heavy (non-hydrogen) atoms. The highest BCUT2D eigenvalue weighted by molar-refractivity contribution is 4.90. The van der Waals surface area contributed by atoms with Crippen LogP contribution in [-0.2, 0) is 0 Å². The smallest absolute Gasteiger partial charge is 0.00502 e. The van der Waals surface area contributed by atoms with Crippen LogP contribution in [0.4, 0.5) is 0 Å². The van der Waals surface area contributed by atoms with Crippen LogP contribution in [0.15, 0.2) is 0 Å². The topological polar surface area (TPSA) is 15.3 Å². The van der Waals surface area contributed by atoms with Gasteiger partial charge in [-0.3, -0.25) is 0 Å². The summed E-state index contributed by atoms with van der Waals surface area (Å²) in [5.74, 6) is 1.69. The Labute approximate surface area is 126 Å². The molecule has 2 nitrogen and oxygen atoms in total. The second kappa shape index (κ2) is 7.79. The van der Waals surface area contributed by atoms with Crippen molar-refractivity contribution in [2.75, 3.05) is 32.7 Å². The van der Waals surface area contributed by atoms with Gasteiger partial charge in [0.05, 0.1) is 0 Å². The van der Waals surface area contributed by atoms with E-state index in [9.17, 15) is 0 Å². The SMILES string of the molecule is CC(C)CNCC1(CN2CCCCC2)CCCC(C)C1. The van der Waals surface area contributed by atoms with Crippen molar-refractivity contribution in [2.45, 2.75) is 65.7 Å². The molecule has 1 aliphatic carbocycles. The van der Waals surface area contributed by atoms with Crippen LogP contribution in [0.1, 0.15) is 65.7 Å². The van der Waals surface area contributed by atoms with E-state index in [0.717, 1.165) is 11.8 Å². The van der Waals surface area contributed by atoms with Crippen LogP contribution < -0.4 is 5.32 Å². The highest BCUT2D eigenvalue weighted by Gasteiger charge is 2.36. The molecule has 1 N–H and O–H groups in total. The Kier molecular flexibility index (Phi) is 6.35. The zero-order valence-electron chi connectivity index (χ0n) is 14.1. The number of nitrogens with zero attached hydrogens (tertiary/aromatic N) is 1. The molecule has 2 heteroatoms. The molecule has 0 aromatic heterocycles. The highest BCUT2D eigenvalue weighted by Crippen LogP contribution is 2.40. The van der Waals surface area contributed by atoms with Crippen LogP contribution in [0, 0.1) is 17.3 Å². The summed E-state index contributed by atoms with van der Waals surface area (Å²) in [6.07, 6.45) is 10.1. The molecule has 118 valence electrons. The van der Waals surface area contributed by atoms with Crippen molar-refractivity contribution in [3.8, 4) is 0 Å². The zero-order chi connectivity index (χ0) is 14.4. The third-order valence-electron chi connectivity index (χ3n) is 5.25. The fourth-order valence-corrected chi connectivity index (χ4v) is 4.35. The number of rotatable bonds is 6. The fraction of sp³-hybridized carbons (Fsp3) is 1.00. The van der Waals surface area contributed by atoms with Crippen LogP contribution in [0.3, 0.4) is 0 Å². The molecule has 2 unspecified atom stereocenters. The molecule has 0 aromatic rings. The molecule has 2 atom stereocenters. The van der Waals surface area contributed by atoms with Gasteiger partial charge in [-0.15, -0.1) is 0 Å². The van der Waals surface area contributed by atoms with Gasteiger partial charge >= 0.3 is 0 Å². The normalized spacial score (nSPS) is 32.7. The second-order valence-electron chi connectivity index (χ2n) is 8.06. The van der Waals surface area contributed by atoms with Crippen LogP contribution >= 0.6 is 0 Å². The van der Waals surface area contributed by atoms with Crippen LogP contribution in [0.5, 0.6) is 0 Å². The summed E-state index contributed by atoms with van der Waals surface area (Å²) < 4.78 is 0. The lowest BCUT2D eigenvalue weighted by molar-refractivity contribution is 0.0699. The molecule has 0 spiro atoms. The number of piperidine rings is 1. The Morgan fingerprint density at radius 3 is 2.55 bits per heavy atom. The second-order valence-corrected chi connectivity index (χ2v) is 8.06. The van der Waals surface area contributed by atoms with Gasteiger partial charge in [0, 0.05) is 13.1 Å². The molecule has 1 saturated heterocycles. The first-order valence-corrected chi connectivity index (χ1v) is 9.03. The largest absolute Gasteiger partial charge is 0.316 e. The zero-order valence-corrected chi connectivity index (χ0v) is 14.1. The summed E-state index contributed by atoms with van der Waals surface area (Å²) in [6, 6.07) is 0. The van der Waals surface area contributed by atoms with Gasteiger partial charge in [0.2, 0.25) is 0 Å². The maximum Gasteiger partial charge on any atom is 0.00502 e. The van der Waals surface area contributed by atoms with Gasteiger partial charge in [0.15, 0.2) is 0 Å². The summed E-state index contributed by atoms with van der Waals surface area (Å²) in [5.41, 5.74) is 0.559. The van der Waals surface area contributed by atoms with E-state index in [1.54, 1.807) is 0 Å². The molecular weight excluding hydrogens is 244 g/mol. The molecule has 0 radical (unpaired) electrons. The molecule has 1 heterocycles. The predicted octanol–water partition coefficient (Wildman–Crippen LogP) is 3.91. The summed E-state index contributed by atoms with van der Waals surface area (Å²) in [6.45, 7) is 13.6. The Balaban J connectivity index is 1.91. The standard InChI is InChI=1S/C18H36N2/c1-16(2)13-19-14-18(9-7-8-17(3)12-18)15-20-10-5-4-6-11-20/h16-17,19H,4-15H2,1-3H3. The average molecular weight is 280 g/mol. The van der Waals surface area contributed by atoms with Crippen molar-refractivity contribution in [2.24, 2.45) is 17.3 Å². The number of nitrogens with one attached hydrogen (secondary N) is 1. The third kappa shape index (κ3) is 5.04. The monoisotopic (exact) mass is 280 g/mol. The number of likely N-dealkylation sites (tertiary alicyclic amines) is 1. The Hall–Kier alpha value is -0.0800. The number of hydrogen-bond acceptors (Lipinski definition) is 2. The first kappa shape index (κ1) is 16.3. The van der Waals surface area contributed by atoms with E-state index in [2.05, 4.69) is 31.0 Å². The fourth-order valence-electron chi connectivity index (χ4n) is 4.35. The molecule has 0 bridgehead atoms. The molecule has 2 aliphatic rings. The lowest BCUT2D eigenvalue weighted by atomic mass is 9.69. The van der Waals surface area contributed by atoms with Crippen LogP contribution in [0.2, 0.25) is 0 Å². The molecule has 0 aromatic carbocycles. The van der Waals surface area contributed by atoms with E-state index in [4.69, 9.17) is 0 Å². The van der Waals surface area contributed by atoms with E-state index < -0.39 is 0 Å². The summed E-state index contributed by atoms with van der Waals surface area (Å²) in [5, 5.41) is 3.78. The molecule has 2 rings (SSSR count). The predicted molar refractivity (Wildman–Crippen MR) is 88.1 cm³/mol. The maximum atomic E-state index is 3.78. The summed E-state index contributed by atoms with van der Waals surface area (Å²) >= 11 is 0. The molecule has 0 amide bonds. The minimum absolute atomic E-state index is 0.559. The van der Waals surface area contributed by atoms with E-state index in [1.165, 1.54) is 77.7 Å². The summed E-state index contributed by atoms with van der Waals surface area (Å²) in [4.78, 5) is 2.76. The Morgan fingerprint density at radius 1 is 1.15 bits per heavy atom. The van der Waals surface area contributed by atoms with Gasteiger partial charge in [-0.2, -0.15) is 0 Å².